The largest absolute Gasteiger partial charge is 0.382 e. The fourth-order valence-electron chi connectivity index (χ4n) is 1.28. The van der Waals surface area contributed by atoms with E-state index in [1.807, 2.05) is 5.38 Å². The minimum Gasteiger partial charge on any atom is -0.382 e. The smallest absolute Gasteiger partial charge is 0.272 e. The summed E-state index contributed by atoms with van der Waals surface area (Å²) in [5, 5.41) is 8.20. The van der Waals surface area contributed by atoms with Crippen molar-refractivity contribution in [3.8, 4) is 0 Å². The molecule has 0 aliphatic carbocycles. The van der Waals surface area contributed by atoms with Gasteiger partial charge in [0, 0.05) is 18.5 Å². The number of nitrogen functional groups attached to an aromatic ring is 1. The highest BCUT2D eigenvalue weighted by Gasteiger charge is 2.14. The molecule has 3 N–H and O–H groups in total. The molecule has 6 nitrogen and oxygen atoms in total. The van der Waals surface area contributed by atoms with Crippen LogP contribution in [0.5, 0.6) is 0 Å². The van der Waals surface area contributed by atoms with Gasteiger partial charge in [0.2, 0.25) is 0 Å². The van der Waals surface area contributed by atoms with Gasteiger partial charge in [-0.25, -0.2) is 4.98 Å². The van der Waals surface area contributed by atoms with Crippen LogP contribution in [0.2, 0.25) is 0 Å². The molecule has 2 aromatic heterocycles. The quantitative estimate of drug-likeness (QED) is 0.823. The van der Waals surface area contributed by atoms with Crippen molar-refractivity contribution in [2.45, 2.75) is 6.54 Å². The number of nitrogens with zero attached hydrogens (tertiary/aromatic N) is 3. The molecule has 0 saturated carbocycles. The van der Waals surface area contributed by atoms with Gasteiger partial charge in [0.1, 0.15) is 11.5 Å². The number of aromatic nitrogens is 3. The van der Waals surface area contributed by atoms with Crippen molar-refractivity contribution in [3.05, 3.63) is 28.3 Å². The van der Waals surface area contributed by atoms with E-state index in [4.69, 9.17) is 5.73 Å². The summed E-state index contributed by atoms with van der Waals surface area (Å²) in [6.45, 7) is 0.473. The van der Waals surface area contributed by atoms with Crippen LogP contribution in [0.1, 0.15) is 16.2 Å². The summed E-state index contributed by atoms with van der Waals surface area (Å²) in [6, 6.07) is 1.51. The summed E-state index contributed by atoms with van der Waals surface area (Å²) in [6.07, 6.45) is 0. The Morgan fingerprint density at radius 3 is 3.06 bits per heavy atom. The van der Waals surface area contributed by atoms with Gasteiger partial charge in [-0.3, -0.25) is 9.89 Å². The molecule has 2 rings (SSSR count). The molecule has 0 spiro atoms. The second kappa shape index (κ2) is 4.31. The number of aromatic amines is 1. The van der Waals surface area contributed by atoms with Crippen LogP contribution in [0.25, 0.3) is 0 Å². The topological polar surface area (TPSA) is 87.9 Å². The third-order valence-electron chi connectivity index (χ3n) is 2.06. The van der Waals surface area contributed by atoms with Crippen molar-refractivity contribution in [3.63, 3.8) is 0 Å². The van der Waals surface area contributed by atoms with E-state index in [2.05, 4.69) is 15.2 Å². The van der Waals surface area contributed by atoms with Crippen LogP contribution >= 0.6 is 11.3 Å². The van der Waals surface area contributed by atoms with Crippen LogP contribution in [0, 0.1) is 0 Å². The summed E-state index contributed by atoms with van der Waals surface area (Å²) in [5.74, 6) is 0.155. The first-order valence-electron chi connectivity index (χ1n) is 4.60. The Bertz CT molecular complexity index is 478. The number of thiazole rings is 1. The number of hydrogen-bond donors (Lipinski definition) is 2. The summed E-state index contributed by atoms with van der Waals surface area (Å²) in [4.78, 5) is 17.5. The molecule has 0 unspecified atom stereocenters. The first-order valence-corrected chi connectivity index (χ1v) is 5.54. The van der Waals surface area contributed by atoms with E-state index in [9.17, 15) is 4.79 Å². The van der Waals surface area contributed by atoms with Gasteiger partial charge in [-0.05, 0) is 0 Å². The summed E-state index contributed by atoms with van der Waals surface area (Å²) in [7, 11) is 1.71. The molecular formula is C9H11N5OS. The van der Waals surface area contributed by atoms with Crippen LogP contribution < -0.4 is 5.73 Å². The van der Waals surface area contributed by atoms with Crippen LogP contribution in [0.3, 0.4) is 0 Å². The predicted molar refractivity (Wildman–Crippen MR) is 60.9 cm³/mol. The van der Waals surface area contributed by atoms with Gasteiger partial charge in [0.05, 0.1) is 17.7 Å². The monoisotopic (exact) mass is 237 g/mol. The maximum Gasteiger partial charge on any atom is 0.272 e. The van der Waals surface area contributed by atoms with Crippen molar-refractivity contribution in [2.24, 2.45) is 0 Å². The number of amides is 1. The molecule has 1 amide bonds. The Hall–Kier alpha value is -1.89. The number of hydrogen-bond acceptors (Lipinski definition) is 5. The lowest BCUT2D eigenvalue weighted by Gasteiger charge is -2.14. The van der Waals surface area contributed by atoms with E-state index in [1.165, 1.54) is 17.4 Å². The average Bonchev–Trinajstić information content (AvgIpc) is 2.88. The maximum atomic E-state index is 11.9. The molecule has 2 heterocycles. The van der Waals surface area contributed by atoms with E-state index in [-0.39, 0.29) is 5.91 Å². The Morgan fingerprint density at radius 2 is 2.50 bits per heavy atom. The summed E-state index contributed by atoms with van der Waals surface area (Å²) >= 11 is 1.50. The van der Waals surface area contributed by atoms with Crippen molar-refractivity contribution in [1.82, 2.24) is 20.1 Å². The molecule has 0 aliphatic heterocycles. The van der Waals surface area contributed by atoms with Gasteiger partial charge in [-0.1, -0.05) is 0 Å². The molecule has 0 bridgehead atoms. The highest BCUT2D eigenvalue weighted by molar-refractivity contribution is 7.07. The highest BCUT2D eigenvalue weighted by Crippen LogP contribution is 2.08. The molecule has 0 saturated heterocycles. The molecule has 84 valence electrons. The Balaban J connectivity index is 2.05. The number of nitrogens with one attached hydrogen (secondary N) is 1. The second-order valence-electron chi connectivity index (χ2n) is 3.35. The van der Waals surface area contributed by atoms with E-state index in [0.717, 1.165) is 5.69 Å². The molecule has 16 heavy (non-hydrogen) atoms. The third kappa shape index (κ3) is 2.19. The SMILES string of the molecule is CN(Cc1cscn1)C(=O)c1cc(N)n[nH]1. The normalized spacial score (nSPS) is 10.3. The predicted octanol–water partition coefficient (Wildman–Crippen LogP) is 0.721. The molecule has 0 aromatic carbocycles. The van der Waals surface area contributed by atoms with Gasteiger partial charge in [0.25, 0.3) is 5.91 Å². The van der Waals surface area contributed by atoms with Crippen LogP contribution in [0.4, 0.5) is 5.82 Å². The molecular weight excluding hydrogens is 226 g/mol. The van der Waals surface area contributed by atoms with Crippen LogP contribution in [-0.4, -0.2) is 33.0 Å². The minimum absolute atomic E-state index is 0.155. The fraction of sp³-hybridized carbons (Fsp3) is 0.222. The van der Waals surface area contributed by atoms with Gasteiger partial charge >= 0.3 is 0 Å². The van der Waals surface area contributed by atoms with E-state index in [0.29, 0.717) is 18.1 Å². The average molecular weight is 237 g/mol. The summed E-state index contributed by atoms with van der Waals surface area (Å²) in [5.41, 5.74) is 8.42. The molecule has 0 fully saturated rings. The third-order valence-corrected chi connectivity index (χ3v) is 2.69. The van der Waals surface area contributed by atoms with Crippen molar-refractivity contribution >= 4 is 23.1 Å². The van der Waals surface area contributed by atoms with E-state index in [1.54, 1.807) is 17.5 Å². The first kappa shape index (κ1) is 10.6. The lowest BCUT2D eigenvalue weighted by atomic mass is 10.3. The number of carbonyl (C=O) groups excluding carboxylic acids is 1. The van der Waals surface area contributed by atoms with Gasteiger partial charge in [0.15, 0.2) is 0 Å². The lowest BCUT2D eigenvalue weighted by Crippen LogP contribution is -2.26. The molecule has 0 atom stereocenters. The van der Waals surface area contributed by atoms with Crippen LogP contribution in [-0.2, 0) is 6.54 Å². The Labute approximate surface area is 96.1 Å². The number of H-pyrrole nitrogens is 1. The zero-order valence-corrected chi connectivity index (χ0v) is 9.49. The zero-order chi connectivity index (χ0) is 11.5. The zero-order valence-electron chi connectivity index (χ0n) is 8.67. The summed E-state index contributed by atoms with van der Waals surface area (Å²) < 4.78 is 0. The standard InChI is InChI=1S/C9H11N5OS/c1-14(3-6-4-16-5-11-6)9(15)7-2-8(10)13-12-7/h2,4-5H,3H2,1H3,(H3,10,12,13). The van der Waals surface area contributed by atoms with E-state index >= 15 is 0 Å². The molecule has 2 aromatic rings. The molecule has 0 radical (unpaired) electrons. The minimum atomic E-state index is -0.155. The van der Waals surface area contributed by atoms with Crippen LogP contribution in [0.15, 0.2) is 17.0 Å². The number of nitrogens with two attached hydrogens (primary N) is 1. The van der Waals surface area contributed by atoms with Gasteiger partial charge < -0.3 is 10.6 Å². The highest BCUT2D eigenvalue weighted by atomic mass is 32.1. The number of carbonyl (C=O) groups is 1. The Kier molecular flexibility index (Phi) is 2.86. The Morgan fingerprint density at radius 1 is 1.69 bits per heavy atom. The number of rotatable bonds is 3. The second-order valence-corrected chi connectivity index (χ2v) is 4.07. The van der Waals surface area contributed by atoms with Gasteiger partial charge in [-0.15, -0.1) is 11.3 Å². The van der Waals surface area contributed by atoms with Crippen molar-refractivity contribution in [1.29, 1.82) is 0 Å². The lowest BCUT2D eigenvalue weighted by molar-refractivity contribution is 0.0778. The van der Waals surface area contributed by atoms with Gasteiger partial charge in [-0.2, -0.15) is 5.10 Å². The van der Waals surface area contributed by atoms with Crippen molar-refractivity contribution < 1.29 is 4.79 Å². The maximum absolute atomic E-state index is 11.9. The molecule has 0 aliphatic rings. The first-order chi connectivity index (χ1) is 7.66. The molecule has 7 heteroatoms. The van der Waals surface area contributed by atoms with E-state index < -0.39 is 0 Å². The van der Waals surface area contributed by atoms with Crippen molar-refractivity contribution in [2.75, 3.05) is 12.8 Å². The number of anilines is 1. The fourth-order valence-corrected chi connectivity index (χ4v) is 1.83.